The molecule has 1 atom stereocenters. The van der Waals surface area contributed by atoms with Crippen LogP contribution in [0.2, 0.25) is 0 Å². The molecule has 0 spiro atoms. The number of epoxide rings is 1. The Labute approximate surface area is 232 Å². The standard InChI is InChI=1S/C33H48F4O2/c1-3-22-4-6-23(7-5-22)8-9-24-10-14-26(15-11-24)27-16-12-25(13-17-27)19-39-32-21(2)18-28(29-20-38-29)31(34)30(32)33(35,36)37/h18,22-27,29H,3-17,19-20H2,1-2H3. The molecule has 220 valence electrons. The monoisotopic (exact) mass is 552 g/mol. The van der Waals surface area contributed by atoms with Crippen LogP contribution in [0.25, 0.3) is 0 Å². The van der Waals surface area contributed by atoms with Gasteiger partial charge in [-0.2, -0.15) is 13.2 Å². The molecule has 0 amide bonds. The summed E-state index contributed by atoms with van der Waals surface area (Å²) in [6, 6.07) is 1.46. The second kappa shape index (κ2) is 12.7. The smallest absolute Gasteiger partial charge is 0.422 e. The Hall–Kier alpha value is -1.30. The van der Waals surface area contributed by atoms with Gasteiger partial charge >= 0.3 is 6.18 Å². The second-order valence-corrected chi connectivity index (χ2v) is 13.4. The minimum Gasteiger partial charge on any atom is -0.492 e. The van der Waals surface area contributed by atoms with Gasteiger partial charge in [-0.15, -0.1) is 0 Å². The molecule has 3 aliphatic carbocycles. The summed E-state index contributed by atoms with van der Waals surface area (Å²) >= 11 is 0. The molecule has 4 aliphatic rings. The van der Waals surface area contributed by atoms with Crippen LogP contribution in [0.15, 0.2) is 6.07 Å². The van der Waals surface area contributed by atoms with Gasteiger partial charge in [0.1, 0.15) is 23.2 Å². The molecule has 0 bridgehead atoms. The van der Waals surface area contributed by atoms with E-state index in [9.17, 15) is 17.6 Å². The van der Waals surface area contributed by atoms with Crippen molar-refractivity contribution in [3.63, 3.8) is 0 Å². The van der Waals surface area contributed by atoms with Crippen LogP contribution in [0.1, 0.15) is 126 Å². The fraction of sp³-hybridized carbons (Fsp3) is 0.818. The van der Waals surface area contributed by atoms with E-state index >= 15 is 0 Å². The molecule has 1 aromatic carbocycles. The third kappa shape index (κ3) is 7.32. The maximum Gasteiger partial charge on any atom is 0.422 e. The van der Waals surface area contributed by atoms with Gasteiger partial charge in [0.2, 0.25) is 0 Å². The number of halogens is 4. The molecule has 0 radical (unpaired) electrons. The molecule has 6 heteroatoms. The summed E-state index contributed by atoms with van der Waals surface area (Å²) in [6.45, 7) is 4.39. The predicted octanol–water partition coefficient (Wildman–Crippen LogP) is 10.2. The highest BCUT2D eigenvalue weighted by Gasteiger charge is 2.43. The van der Waals surface area contributed by atoms with Gasteiger partial charge in [-0.05, 0) is 92.6 Å². The second-order valence-electron chi connectivity index (χ2n) is 13.4. The lowest BCUT2D eigenvalue weighted by molar-refractivity contribution is -0.141. The summed E-state index contributed by atoms with van der Waals surface area (Å²) in [4.78, 5) is 0. The maximum absolute atomic E-state index is 14.8. The molecule has 1 aromatic rings. The average molecular weight is 553 g/mol. The first kappa shape index (κ1) is 29.2. The van der Waals surface area contributed by atoms with Crippen LogP contribution in [0.3, 0.4) is 0 Å². The molecular weight excluding hydrogens is 504 g/mol. The van der Waals surface area contributed by atoms with E-state index in [2.05, 4.69) is 6.92 Å². The first-order chi connectivity index (χ1) is 18.7. The highest BCUT2D eigenvalue weighted by Crippen LogP contribution is 2.46. The number of benzene rings is 1. The van der Waals surface area contributed by atoms with E-state index in [1.54, 1.807) is 6.92 Å². The Balaban J connectivity index is 1.05. The van der Waals surface area contributed by atoms with Crippen molar-refractivity contribution in [2.24, 2.45) is 35.5 Å². The Bertz CT molecular complexity index is 932. The Morgan fingerprint density at radius 2 is 1.28 bits per heavy atom. The molecule has 39 heavy (non-hydrogen) atoms. The van der Waals surface area contributed by atoms with Crippen molar-refractivity contribution in [1.82, 2.24) is 0 Å². The van der Waals surface area contributed by atoms with Gasteiger partial charge in [-0.1, -0.05) is 64.7 Å². The molecule has 1 aliphatic heterocycles. The molecule has 1 heterocycles. The van der Waals surface area contributed by atoms with Gasteiger partial charge in [0.15, 0.2) is 0 Å². The Kier molecular flexibility index (Phi) is 9.51. The topological polar surface area (TPSA) is 21.8 Å². The van der Waals surface area contributed by atoms with Crippen molar-refractivity contribution in [2.75, 3.05) is 13.2 Å². The van der Waals surface area contributed by atoms with E-state index in [1.807, 2.05) is 0 Å². The van der Waals surface area contributed by atoms with E-state index in [1.165, 1.54) is 76.7 Å². The summed E-state index contributed by atoms with van der Waals surface area (Å²) in [6.07, 6.45) is 14.4. The number of hydrogen-bond donors (Lipinski definition) is 0. The van der Waals surface area contributed by atoms with Crippen LogP contribution >= 0.6 is 0 Å². The van der Waals surface area contributed by atoms with Crippen LogP contribution in [-0.2, 0) is 10.9 Å². The zero-order chi connectivity index (χ0) is 27.6. The number of aryl methyl sites for hydroxylation is 1. The summed E-state index contributed by atoms with van der Waals surface area (Å²) in [5, 5.41) is 0. The third-order valence-electron chi connectivity index (χ3n) is 10.8. The minimum atomic E-state index is -4.81. The zero-order valence-electron chi connectivity index (χ0n) is 24.0. The lowest BCUT2D eigenvalue weighted by atomic mass is 9.68. The van der Waals surface area contributed by atoms with E-state index in [0.717, 1.165) is 55.3 Å². The maximum atomic E-state index is 14.8. The van der Waals surface area contributed by atoms with Crippen LogP contribution < -0.4 is 4.74 Å². The highest BCUT2D eigenvalue weighted by molar-refractivity contribution is 5.48. The van der Waals surface area contributed by atoms with Gasteiger partial charge in [0.25, 0.3) is 0 Å². The van der Waals surface area contributed by atoms with Crippen molar-refractivity contribution in [1.29, 1.82) is 0 Å². The van der Waals surface area contributed by atoms with Crippen LogP contribution in [-0.4, -0.2) is 13.2 Å². The summed E-state index contributed by atoms with van der Waals surface area (Å²) < 4.78 is 67.1. The summed E-state index contributed by atoms with van der Waals surface area (Å²) in [7, 11) is 0. The summed E-state index contributed by atoms with van der Waals surface area (Å²) in [5.41, 5.74) is -0.957. The number of rotatable bonds is 9. The van der Waals surface area contributed by atoms with Gasteiger partial charge < -0.3 is 9.47 Å². The first-order valence-electron chi connectivity index (χ1n) is 15.9. The van der Waals surface area contributed by atoms with Crippen molar-refractivity contribution in [3.05, 3.63) is 28.6 Å². The molecule has 2 nitrogen and oxygen atoms in total. The molecule has 3 saturated carbocycles. The fourth-order valence-corrected chi connectivity index (χ4v) is 8.08. The van der Waals surface area contributed by atoms with Crippen LogP contribution in [0.5, 0.6) is 5.75 Å². The first-order valence-corrected chi connectivity index (χ1v) is 15.9. The SMILES string of the molecule is CCC1CCC(CCC2CCC(C3CCC(COc4c(C)cc(C5CO5)c(F)c4C(F)(F)F)CC3)CC2)CC1. The van der Waals surface area contributed by atoms with Crippen molar-refractivity contribution in [3.8, 4) is 5.75 Å². The molecule has 1 saturated heterocycles. The Morgan fingerprint density at radius 3 is 1.77 bits per heavy atom. The van der Waals surface area contributed by atoms with Crippen molar-refractivity contribution in [2.45, 2.75) is 122 Å². The summed E-state index contributed by atoms with van der Waals surface area (Å²) in [5.74, 6) is 3.08. The minimum absolute atomic E-state index is 0.0125. The third-order valence-corrected chi connectivity index (χ3v) is 10.8. The zero-order valence-corrected chi connectivity index (χ0v) is 24.0. The van der Waals surface area contributed by atoms with Crippen molar-refractivity contribution >= 4 is 0 Å². The molecule has 1 unspecified atom stereocenters. The fourth-order valence-electron chi connectivity index (χ4n) is 8.08. The van der Waals surface area contributed by atoms with E-state index in [4.69, 9.17) is 9.47 Å². The highest BCUT2D eigenvalue weighted by atomic mass is 19.4. The van der Waals surface area contributed by atoms with E-state index in [-0.39, 0.29) is 30.4 Å². The largest absolute Gasteiger partial charge is 0.492 e. The lowest BCUT2D eigenvalue weighted by Crippen LogP contribution is -2.28. The average Bonchev–Trinajstić information content (AvgIpc) is 3.78. The normalized spacial score (nSPS) is 33.6. The van der Waals surface area contributed by atoms with Gasteiger partial charge in [0.05, 0.1) is 13.2 Å². The van der Waals surface area contributed by atoms with E-state index in [0.29, 0.717) is 5.56 Å². The quantitative estimate of drug-likeness (QED) is 0.225. The number of alkyl halides is 3. The molecule has 4 fully saturated rings. The molecule has 0 aromatic heterocycles. The molecule has 5 rings (SSSR count). The van der Waals surface area contributed by atoms with Gasteiger partial charge in [0, 0.05) is 5.56 Å². The van der Waals surface area contributed by atoms with Crippen LogP contribution in [0.4, 0.5) is 17.6 Å². The molecule has 0 N–H and O–H groups in total. The number of ether oxygens (including phenoxy) is 2. The van der Waals surface area contributed by atoms with E-state index < -0.39 is 23.7 Å². The lowest BCUT2D eigenvalue weighted by Gasteiger charge is -2.38. The Morgan fingerprint density at radius 1 is 0.795 bits per heavy atom. The van der Waals surface area contributed by atoms with Gasteiger partial charge in [-0.3, -0.25) is 0 Å². The predicted molar refractivity (Wildman–Crippen MR) is 146 cm³/mol. The van der Waals surface area contributed by atoms with Gasteiger partial charge in [-0.25, -0.2) is 4.39 Å². The number of hydrogen-bond acceptors (Lipinski definition) is 2. The molecular formula is C33H48F4O2. The van der Waals surface area contributed by atoms with Crippen LogP contribution in [0, 0.1) is 48.2 Å². The van der Waals surface area contributed by atoms with Crippen molar-refractivity contribution < 1.29 is 27.0 Å².